The van der Waals surface area contributed by atoms with Crippen LogP contribution in [0.5, 0.6) is 5.75 Å². The van der Waals surface area contributed by atoms with Crippen LogP contribution in [0, 0.1) is 6.92 Å². The molecule has 146 valence electrons. The summed E-state index contributed by atoms with van der Waals surface area (Å²) in [6.07, 6.45) is -0.146. The molecule has 0 N–H and O–H groups in total. The Bertz CT molecular complexity index is 952. The van der Waals surface area contributed by atoms with Gasteiger partial charge in [-0.25, -0.2) is 0 Å². The maximum Gasteiger partial charge on any atom is 0.316 e. The van der Waals surface area contributed by atoms with Crippen LogP contribution in [0.25, 0.3) is 17.1 Å². The first-order valence-electron chi connectivity index (χ1n) is 8.97. The highest BCUT2D eigenvalue weighted by molar-refractivity contribution is 7.99. The van der Waals surface area contributed by atoms with Gasteiger partial charge in [-0.05, 0) is 45.0 Å². The van der Waals surface area contributed by atoms with Gasteiger partial charge in [0, 0.05) is 5.69 Å². The van der Waals surface area contributed by atoms with Crippen LogP contribution in [0.4, 0.5) is 0 Å². The molecule has 0 spiro atoms. The minimum Gasteiger partial charge on any atom is -0.496 e. The Labute approximate surface area is 168 Å². The number of rotatable bonds is 7. The Morgan fingerprint density at radius 1 is 1.11 bits per heavy atom. The minimum atomic E-state index is -0.280. The summed E-state index contributed by atoms with van der Waals surface area (Å²) < 4.78 is 12.7. The van der Waals surface area contributed by atoms with Crippen LogP contribution in [-0.4, -0.2) is 39.7 Å². The normalized spacial score (nSPS) is 10.9. The van der Waals surface area contributed by atoms with E-state index in [9.17, 15) is 4.79 Å². The number of aromatic nitrogens is 3. The average molecular weight is 398 g/mol. The largest absolute Gasteiger partial charge is 0.496 e. The Hall–Kier alpha value is -2.80. The molecule has 2 aromatic carbocycles. The summed E-state index contributed by atoms with van der Waals surface area (Å²) in [5, 5.41) is 9.34. The number of methoxy groups -OCH3 is 1. The van der Waals surface area contributed by atoms with Crippen molar-refractivity contribution in [3.05, 3.63) is 54.1 Å². The fraction of sp³-hybridized carbons (Fsp3) is 0.286. The van der Waals surface area contributed by atoms with Crippen LogP contribution in [-0.2, 0) is 9.53 Å². The van der Waals surface area contributed by atoms with Gasteiger partial charge in [0.25, 0.3) is 0 Å². The molecule has 0 aliphatic carbocycles. The van der Waals surface area contributed by atoms with Gasteiger partial charge in [0.1, 0.15) is 5.75 Å². The van der Waals surface area contributed by atoms with Gasteiger partial charge in [0.05, 0.1) is 24.5 Å². The zero-order valence-corrected chi connectivity index (χ0v) is 17.2. The van der Waals surface area contributed by atoms with E-state index in [0.29, 0.717) is 16.7 Å². The highest BCUT2D eigenvalue weighted by Gasteiger charge is 2.20. The molecule has 3 rings (SSSR count). The molecule has 3 aromatic rings. The maximum atomic E-state index is 12.0. The Morgan fingerprint density at radius 3 is 2.50 bits per heavy atom. The number of benzene rings is 2. The van der Waals surface area contributed by atoms with E-state index in [1.165, 1.54) is 11.8 Å². The number of aryl methyl sites for hydroxylation is 1. The van der Waals surface area contributed by atoms with Gasteiger partial charge in [0.2, 0.25) is 0 Å². The second kappa shape index (κ2) is 8.93. The molecule has 6 nitrogen and oxygen atoms in total. The van der Waals surface area contributed by atoms with Crippen molar-refractivity contribution in [3.63, 3.8) is 0 Å². The SMILES string of the molecule is COc1ccccc1-c1nnc(SCC(=O)OC(C)C)n1-c1ccc(C)cc1. The molecule has 0 atom stereocenters. The monoisotopic (exact) mass is 397 g/mol. The number of hydrogen-bond donors (Lipinski definition) is 0. The number of esters is 1. The molecule has 1 aromatic heterocycles. The topological polar surface area (TPSA) is 66.2 Å². The van der Waals surface area contributed by atoms with Crippen LogP contribution >= 0.6 is 11.8 Å². The van der Waals surface area contributed by atoms with Gasteiger partial charge >= 0.3 is 5.97 Å². The lowest BCUT2D eigenvalue weighted by molar-refractivity contribution is -0.144. The molecular formula is C21H23N3O3S. The van der Waals surface area contributed by atoms with E-state index in [0.717, 1.165) is 16.8 Å². The molecule has 0 amide bonds. The van der Waals surface area contributed by atoms with Crippen LogP contribution in [0.2, 0.25) is 0 Å². The van der Waals surface area contributed by atoms with Crippen molar-refractivity contribution in [2.24, 2.45) is 0 Å². The van der Waals surface area contributed by atoms with Crippen molar-refractivity contribution in [1.29, 1.82) is 0 Å². The van der Waals surface area contributed by atoms with Gasteiger partial charge in [-0.2, -0.15) is 0 Å². The van der Waals surface area contributed by atoms with Gasteiger partial charge in [0.15, 0.2) is 11.0 Å². The molecule has 0 fully saturated rings. The first-order chi connectivity index (χ1) is 13.5. The number of carbonyl (C=O) groups is 1. The molecule has 0 saturated heterocycles. The zero-order valence-electron chi connectivity index (χ0n) is 16.4. The third kappa shape index (κ3) is 4.54. The number of carbonyl (C=O) groups excluding carboxylic acids is 1. The maximum absolute atomic E-state index is 12.0. The lowest BCUT2D eigenvalue weighted by Gasteiger charge is -2.13. The highest BCUT2D eigenvalue weighted by Crippen LogP contribution is 2.33. The quantitative estimate of drug-likeness (QED) is 0.438. The fourth-order valence-corrected chi connectivity index (χ4v) is 3.45. The highest BCUT2D eigenvalue weighted by atomic mass is 32.2. The third-order valence-electron chi connectivity index (χ3n) is 3.96. The molecule has 7 heteroatoms. The second-order valence-corrected chi connectivity index (χ2v) is 7.45. The van der Waals surface area contributed by atoms with Crippen molar-refractivity contribution in [3.8, 4) is 22.8 Å². The first kappa shape index (κ1) is 19.9. The predicted octanol–water partition coefficient (Wildman–Crippen LogP) is 4.30. The van der Waals surface area contributed by atoms with Gasteiger partial charge < -0.3 is 9.47 Å². The number of ether oxygens (including phenoxy) is 2. The molecule has 28 heavy (non-hydrogen) atoms. The van der Waals surface area contributed by atoms with Gasteiger partial charge in [-0.1, -0.05) is 41.6 Å². The van der Waals surface area contributed by atoms with E-state index in [1.54, 1.807) is 7.11 Å². The summed E-state index contributed by atoms with van der Waals surface area (Å²) in [5.74, 6) is 1.24. The number of nitrogens with zero attached hydrogens (tertiary/aromatic N) is 3. The molecule has 0 saturated carbocycles. The zero-order chi connectivity index (χ0) is 20.1. The van der Waals surface area contributed by atoms with Crippen molar-refractivity contribution < 1.29 is 14.3 Å². The van der Waals surface area contributed by atoms with Crippen molar-refractivity contribution in [1.82, 2.24) is 14.8 Å². The lowest BCUT2D eigenvalue weighted by atomic mass is 10.1. The third-order valence-corrected chi connectivity index (χ3v) is 4.86. The molecule has 1 heterocycles. The van der Waals surface area contributed by atoms with Crippen molar-refractivity contribution >= 4 is 17.7 Å². The summed E-state index contributed by atoms with van der Waals surface area (Å²) in [5.41, 5.74) is 2.90. The van der Waals surface area contributed by atoms with Gasteiger partial charge in [-0.15, -0.1) is 10.2 Å². The molecule has 0 unspecified atom stereocenters. The average Bonchev–Trinajstić information content (AvgIpc) is 3.10. The predicted molar refractivity (Wildman–Crippen MR) is 110 cm³/mol. The van der Waals surface area contributed by atoms with Crippen LogP contribution in [0.1, 0.15) is 19.4 Å². The molecule has 0 radical (unpaired) electrons. The molecule has 0 aliphatic rings. The summed E-state index contributed by atoms with van der Waals surface area (Å²) in [6, 6.07) is 15.7. The Morgan fingerprint density at radius 2 is 1.82 bits per heavy atom. The summed E-state index contributed by atoms with van der Waals surface area (Å²) in [7, 11) is 1.63. The van der Waals surface area contributed by atoms with E-state index >= 15 is 0 Å². The van der Waals surface area contributed by atoms with E-state index in [1.807, 2.05) is 73.9 Å². The Kier molecular flexibility index (Phi) is 6.36. The van der Waals surface area contributed by atoms with E-state index < -0.39 is 0 Å². The standard InChI is InChI=1S/C21H23N3O3S/c1-14(2)27-19(25)13-28-21-23-22-20(17-7-5-6-8-18(17)26-4)24(21)16-11-9-15(3)10-12-16/h5-12,14H,13H2,1-4H3. The van der Waals surface area contributed by atoms with Gasteiger partial charge in [-0.3, -0.25) is 9.36 Å². The fourth-order valence-electron chi connectivity index (χ4n) is 2.71. The number of para-hydroxylation sites is 1. The van der Waals surface area contributed by atoms with Crippen LogP contribution in [0.3, 0.4) is 0 Å². The lowest BCUT2D eigenvalue weighted by Crippen LogP contribution is -2.13. The minimum absolute atomic E-state index is 0.146. The van der Waals surface area contributed by atoms with Crippen molar-refractivity contribution in [2.75, 3.05) is 12.9 Å². The summed E-state index contributed by atoms with van der Waals surface area (Å²) in [6.45, 7) is 5.70. The molecule has 0 bridgehead atoms. The molecule has 0 aliphatic heterocycles. The number of hydrogen-bond acceptors (Lipinski definition) is 6. The second-order valence-electron chi connectivity index (χ2n) is 6.50. The van der Waals surface area contributed by atoms with Crippen molar-refractivity contribution in [2.45, 2.75) is 32.0 Å². The smallest absolute Gasteiger partial charge is 0.316 e. The summed E-state index contributed by atoms with van der Waals surface area (Å²) >= 11 is 1.30. The van der Waals surface area contributed by atoms with E-state index in [2.05, 4.69) is 10.2 Å². The first-order valence-corrected chi connectivity index (χ1v) is 9.96. The summed E-state index contributed by atoms with van der Waals surface area (Å²) in [4.78, 5) is 12.0. The molecular weight excluding hydrogens is 374 g/mol. The van der Waals surface area contributed by atoms with E-state index in [4.69, 9.17) is 9.47 Å². The van der Waals surface area contributed by atoms with Crippen LogP contribution < -0.4 is 4.74 Å². The number of thioether (sulfide) groups is 1. The Balaban J connectivity index is 2.02. The van der Waals surface area contributed by atoms with Crippen LogP contribution in [0.15, 0.2) is 53.7 Å². The van der Waals surface area contributed by atoms with E-state index in [-0.39, 0.29) is 17.8 Å².